The molecular formula is C42H62Cl2N10O7S2. The van der Waals surface area contributed by atoms with Crippen LogP contribution < -0.4 is 10.6 Å². The highest BCUT2D eigenvalue weighted by Gasteiger charge is 2.33. The highest BCUT2D eigenvalue weighted by atomic mass is 35.5. The number of carbonyl (C=O) groups excluding carboxylic acids is 3. The number of hydrogen-bond donors (Lipinski definition) is 6. The summed E-state index contributed by atoms with van der Waals surface area (Å²) in [7, 11) is 7.09. The van der Waals surface area contributed by atoms with Crippen molar-refractivity contribution in [3.8, 4) is 0 Å². The molecule has 0 radical (unpaired) electrons. The molecule has 17 nitrogen and oxygen atoms in total. The average Bonchev–Trinajstić information content (AvgIpc) is 4.10. The van der Waals surface area contributed by atoms with Crippen molar-refractivity contribution in [1.82, 2.24) is 39.6 Å². The molecule has 21 heteroatoms. The largest absolute Gasteiger partial charge is 0.481 e. The van der Waals surface area contributed by atoms with Crippen molar-refractivity contribution >= 4 is 81.4 Å². The van der Waals surface area contributed by atoms with Crippen LogP contribution in [0.4, 0.5) is 21.2 Å². The molecule has 63 heavy (non-hydrogen) atoms. The number of nitrogens with zero attached hydrogens (tertiary/aromatic N) is 7. The van der Waals surface area contributed by atoms with Crippen LogP contribution >= 0.6 is 45.9 Å². The van der Waals surface area contributed by atoms with Gasteiger partial charge in [0.2, 0.25) is 0 Å². The Morgan fingerprint density at radius 1 is 0.762 bits per heavy atom. The summed E-state index contributed by atoms with van der Waals surface area (Å²) in [6.07, 6.45) is 3.49. The minimum absolute atomic E-state index is 0.0146. The number of amides is 4. The Hall–Kier alpha value is -4.40. The number of likely N-dealkylation sites (tertiary alicyclic amines) is 2. The van der Waals surface area contributed by atoms with Gasteiger partial charge in [0.15, 0.2) is 0 Å². The van der Waals surface area contributed by atoms with E-state index < -0.39 is 16.8 Å². The standard InChI is InChI=1S/C21H30ClN5O3S.C16H22ClN5OS.C5H10O3/c1-21(2,13-28)19(29)27-18(23-12-15-5-6-17(22)31-15)11-16(24-27)14-7-9-26(10-8-14)20(30)25(3)4;1-21(2)16(23)22-7-5-11(6-8-22)13-9-15(20-19-13)18-10-12-3-4-14(17)24-12;1-5(2,3-6)4(7)8/h5-6,11,14,23,28H,7-10,12-13H2,1-4H3;3-4,9,11H,5-8,10H2,1-2H3,(H2,18,19,20);6H,3H2,1-2H3,(H,7,8). The molecule has 2 fully saturated rings. The van der Waals surface area contributed by atoms with Crippen LogP contribution in [0.5, 0.6) is 0 Å². The van der Waals surface area contributed by atoms with Gasteiger partial charge in [0, 0.05) is 93.8 Å². The fraction of sp³-hybridized carbons (Fsp3) is 0.571. The van der Waals surface area contributed by atoms with Gasteiger partial charge >= 0.3 is 18.0 Å². The minimum Gasteiger partial charge on any atom is -0.481 e. The molecular weight excluding hydrogens is 892 g/mol. The van der Waals surface area contributed by atoms with Gasteiger partial charge < -0.3 is 45.6 Å². The van der Waals surface area contributed by atoms with Gasteiger partial charge in [0.05, 0.1) is 51.5 Å². The fourth-order valence-electron chi connectivity index (χ4n) is 6.50. The van der Waals surface area contributed by atoms with Gasteiger partial charge in [-0.3, -0.25) is 14.7 Å². The molecule has 0 bridgehead atoms. The lowest BCUT2D eigenvalue weighted by atomic mass is 9.94. The predicted octanol–water partition coefficient (Wildman–Crippen LogP) is 7.42. The topological polar surface area (TPSA) is 212 Å². The number of aromatic amines is 1. The van der Waals surface area contributed by atoms with E-state index in [9.17, 15) is 24.3 Å². The molecule has 0 aliphatic carbocycles. The third-order valence-electron chi connectivity index (χ3n) is 10.8. The van der Waals surface area contributed by atoms with E-state index in [0.29, 0.717) is 35.7 Å². The van der Waals surface area contributed by atoms with Crippen LogP contribution in [0.1, 0.15) is 91.2 Å². The first-order valence-corrected chi connectivity index (χ1v) is 23.1. The van der Waals surface area contributed by atoms with Crippen LogP contribution in [0.2, 0.25) is 8.67 Å². The SMILES string of the molecule is CC(C)(CO)C(=O)O.CN(C)C(=O)N1CCC(c2cc(NCc3ccc(Cl)s3)n(C(=O)C(C)(C)CO)n2)CC1.CN(C)C(=O)N1CCC(c2cc(NCc3ccc(Cl)s3)n[nH]2)CC1. The van der Waals surface area contributed by atoms with Gasteiger partial charge in [-0.25, -0.2) is 9.59 Å². The second-order valence-electron chi connectivity index (χ2n) is 17.3. The number of aliphatic hydroxyl groups is 2. The van der Waals surface area contributed by atoms with E-state index in [4.69, 9.17) is 33.4 Å². The number of rotatable bonds is 12. The Balaban J connectivity index is 0.000000241. The van der Waals surface area contributed by atoms with E-state index in [1.54, 1.807) is 63.2 Å². The average molecular weight is 954 g/mol. The molecule has 348 valence electrons. The maximum Gasteiger partial charge on any atom is 0.319 e. The quantitative estimate of drug-likeness (QED) is 0.0823. The van der Waals surface area contributed by atoms with Crippen LogP contribution in [-0.4, -0.2) is 146 Å². The summed E-state index contributed by atoms with van der Waals surface area (Å²) in [4.78, 5) is 56.5. The normalized spacial score (nSPS) is 14.9. The summed E-state index contributed by atoms with van der Waals surface area (Å²) in [5, 5.41) is 45.1. The van der Waals surface area contributed by atoms with E-state index in [1.807, 2.05) is 40.1 Å². The van der Waals surface area contributed by atoms with Gasteiger partial charge in [-0.1, -0.05) is 23.2 Å². The van der Waals surface area contributed by atoms with Crippen molar-refractivity contribution in [2.24, 2.45) is 10.8 Å². The molecule has 0 atom stereocenters. The first kappa shape index (κ1) is 51.2. The van der Waals surface area contributed by atoms with Gasteiger partial charge in [0.1, 0.15) is 11.6 Å². The molecule has 2 aliphatic heterocycles. The maximum atomic E-state index is 13.1. The lowest BCUT2D eigenvalue weighted by Gasteiger charge is -2.33. The van der Waals surface area contributed by atoms with Crippen LogP contribution in [0, 0.1) is 10.8 Å². The van der Waals surface area contributed by atoms with Crippen molar-refractivity contribution in [1.29, 1.82) is 0 Å². The highest BCUT2D eigenvalue weighted by molar-refractivity contribution is 7.16. The lowest BCUT2D eigenvalue weighted by Crippen LogP contribution is -2.43. The number of carboxylic acid groups (broad SMARTS) is 1. The zero-order valence-corrected chi connectivity index (χ0v) is 40.4. The number of hydrogen-bond acceptors (Lipinski definition) is 12. The van der Waals surface area contributed by atoms with Gasteiger partial charge in [-0.2, -0.15) is 14.9 Å². The third-order valence-corrected chi connectivity index (χ3v) is 13.2. The minimum atomic E-state index is -0.986. The Kier molecular flexibility index (Phi) is 18.7. The first-order valence-electron chi connectivity index (χ1n) is 20.7. The van der Waals surface area contributed by atoms with E-state index in [2.05, 4.69) is 32.0 Å². The Morgan fingerprint density at radius 2 is 1.24 bits per heavy atom. The monoisotopic (exact) mass is 952 g/mol. The number of urea groups is 2. The van der Waals surface area contributed by atoms with Crippen LogP contribution in [0.25, 0.3) is 0 Å². The van der Waals surface area contributed by atoms with E-state index in [1.165, 1.54) is 34.7 Å². The number of carbonyl (C=O) groups is 4. The molecule has 6 rings (SSSR count). The number of anilines is 2. The number of aliphatic hydroxyl groups excluding tert-OH is 2. The summed E-state index contributed by atoms with van der Waals surface area (Å²) in [5.41, 5.74) is 0.0254. The van der Waals surface area contributed by atoms with Crippen molar-refractivity contribution in [3.63, 3.8) is 0 Å². The number of halogens is 2. The van der Waals surface area contributed by atoms with Crippen molar-refractivity contribution in [3.05, 3.63) is 66.2 Å². The summed E-state index contributed by atoms with van der Waals surface area (Å²) >= 11 is 15.0. The molecule has 6 N–H and O–H groups in total. The molecule has 0 saturated carbocycles. The highest BCUT2D eigenvalue weighted by Crippen LogP contribution is 2.32. The Labute approximate surface area is 387 Å². The summed E-state index contributed by atoms with van der Waals surface area (Å²) in [6.45, 7) is 9.87. The summed E-state index contributed by atoms with van der Waals surface area (Å²) in [5.74, 6) is 0.789. The molecule has 4 aromatic heterocycles. The number of piperidine rings is 2. The molecule has 2 saturated heterocycles. The van der Waals surface area contributed by atoms with Crippen molar-refractivity contribution < 1.29 is 34.5 Å². The molecule has 0 spiro atoms. The van der Waals surface area contributed by atoms with Crippen LogP contribution in [0.15, 0.2) is 36.4 Å². The number of nitrogens with one attached hydrogen (secondary N) is 3. The summed E-state index contributed by atoms with van der Waals surface area (Å²) < 4.78 is 2.88. The Bertz CT molecular complexity index is 2120. The van der Waals surface area contributed by atoms with E-state index in [0.717, 1.165) is 71.7 Å². The Morgan fingerprint density at radius 3 is 1.65 bits per heavy atom. The van der Waals surface area contributed by atoms with E-state index in [-0.39, 0.29) is 37.1 Å². The number of carboxylic acids is 1. The number of H-pyrrole nitrogens is 1. The smallest absolute Gasteiger partial charge is 0.319 e. The van der Waals surface area contributed by atoms with Crippen LogP contribution in [0.3, 0.4) is 0 Å². The fourth-order valence-corrected chi connectivity index (χ4v) is 8.56. The first-order chi connectivity index (χ1) is 29.6. The van der Waals surface area contributed by atoms with Crippen LogP contribution in [-0.2, 0) is 17.9 Å². The molecule has 4 aromatic rings. The van der Waals surface area contributed by atoms with Gasteiger partial charge in [-0.05, 0) is 77.6 Å². The zero-order chi connectivity index (χ0) is 46.6. The predicted molar refractivity (Wildman–Crippen MR) is 249 cm³/mol. The molecule has 2 aliphatic rings. The molecule has 4 amide bonds. The zero-order valence-electron chi connectivity index (χ0n) is 37.3. The number of aliphatic carboxylic acids is 1. The van der Waals surface area contributed by atoms with Gasteiger partial charge in [-0.15, -0.1) is 22.7 Å². The lowest BCUT2D eigenvalue weighted by molar-refractivity contribution is -0.148. The second-order valence-corrected chi connectivity index (χ2v) is 20.9. The maximum absolute atomic E-state index is 13.1. The summed E-state index contributed by atoms with van der Waals surface area (Å²) in [6, 6.07) is 11.8. The third kappa shape index (κ3) is 14.6. The van der Waals surface area contributed by atoms with E-state index >= 15 is 0 Å². The molecule has 0 unspecified atom stereocenters. The van der Waals surface area contributed by atoms with Gasteiger partial charge in [0.25, 0.3) is 5.91 Å². The number of thiophene rings is 2. The second kappa shape index (κ2) is 23.0. The molecule has 6 heterocycles. The van der Waals surface area contributed by atoms with Crippen molar-refractivity contribution in [2.75, 3.05) is 78.2 Å². The number of aromatic nitrogens is 4. The molecule has 0 aromatic carbocycles. The van der Waals surface area contributed by atoms with Crippen molar-refractivity contribution in [2.45, 2.75) is 78.3 Å².